The van der Waals surface area contributed by atoms with E-state index in [1.165, 1.54) is 6.07 Å². The second kappa shape index (κ2) is 7.15. The molecule has 2 rings (SSSR count). The molecule has 112 valence electrons. The summed E-state index contributed by atoms with van der Waals surface area (Å²) in [5.41, 5.74) is 0.210. The molecule has 0 radical (unpaired) electrons. The molecule has 1 heterocycles. The fourth-order valence-corrected chi connectivity index (χ4v) is 3.37. The lowest BCUT2D eigenvalue weighted by molar-refractivity contribution is -0.120. The van der Waals surface area contributed by atoms with Crippen LogP contribution in [0, 0.1) is 5.82 Å². The highest BCUT2D eigenvalue weighted by molar-refractivity contribution is 9.11. The van der Waals surface area contributed by atoms with Crippen molar-refractivity contribution in [2.24, 2.45) is 0 Å². The van der Waals surface area contributed by atoms with E-state index in [4.69, 9.17) is 0 Å². The molecule has 0 aliphatic carbocycles. The molecular weight excluding hydrogens is 355 g/mol. The second-order valence-electron chi connectivity index (χ2n) is 4.77. The molecule has 0 aliphatic heterocycles. The van der Waals surface area contributed by atoms with Crippen LogP contribution in [0.2, 0.25) is 0 Å². The average molecular weight is 371 g/mol. The molecule has 1 amide bonds. The summed E-state index contributed by atoms with van der Waals surface area (Å²) in [5, 5.41) is 2.62. The maximum atomic E-state index is 13.5. The van der Waals surface area contributed by atoms with Crippen LogP contribution in [0.4, 0.5) is 10.1 Å². The molecule has 3 nitrogen and oxygen atoms in total. The lowest BCUT2D eigenvalue weighted by atomic mass is 10.2. The zero-order chi connectivity index (χ0) is 15.4. The Morgan fingerprint density at radius 3 is 2.71 bits per heavy atom. The molecule has 2 aromatic rings. The highest BCUT2D eigenvalue weighted by Gasteiger charge is 2.19. The minimum absolute atomic E-state index is 0.210. The van der Waals surface area contributed by atoms with Crippen molar-refractivity contribution in [3.05, 3.63) is 50.9 Å². The molecule has 1 aromatic heterocycles. The SMILES string of the molecule is CC(C(=O)Nc1ccccc1F)N(C)Cc1ccc(Br)s1. The number of carbonyl (C=O) groups excluding carboxylic acids is 1. The van der Waals surface area contributed by atoms with Gasteiger partial charge in [0, 0.05) is 11.4 Å². The zero-order valence-electron chi connectivity index (χ0n) is 11.8. The van der Waals surface area contributed by atoms with Gasteiger partial charge in [0.05, 0.1) is 15.5 Å². The van der Waals surface area contributed by atoms with Gasteiger partial charge >= 0.3 is 0 Å². The number of rotatable bonds is 5. The van der Waals surface area contributed by atoms with E-state index in [1.807, 2.05) is 24.1 Å². The molecule has 0 saturated carbocycles. The number of hydrogen-bond donors (Lipinski definition) is 1. The first-order chi connectivity index (χ1) is 9.97. The van der Waals surface area contributed by atoms with E-state index < -0.39 is 5.82 Å². The van der Waals surface area contributed by atoms with Gasteiger partial charge in [-0.15, -0.1) is 11.3 Å². The number of nitrogens with zero attached hydrogens (tertiary/aromatic N) is 1. The van der Waals surface area contributed by atoms with Crippen LogP contribution in [0.15, 0.2) is 40.2 Å². The number of benzene rings is 1. The number of amides is 1. The van der Waals surface area contributed by atoms with Crippen LogP contribution >= 0.6 is 27.3 Å². The topological polar surface area (TPSA) is 32.3 Å². The van der Waals surface area contributed by atoms with Crippen molar-refractivity contribution in [3.8, 4) is 0 Å². The Morgan fingerprint density at radius 1 is 1.38 bits per heavy atom. The Hall–Kier alpha value is -1.24. The Balaban J connectivity index is 1.97. The van der Waals surface area contributed by atoms with E-state index >= 15 is 0 Å². The van der Waals surface area contributed by atoms with Crippen molar-refractivity contribution in [2.75, 3.05) is 12.4 Å². The van der Waals surface area contributed by atoms with Crippen molar-refractivity contribution >= 4 is 38.9 Å². The first-order valence-corrected chi connectivity index (χ1v) is 8.08. The number of para-hydroxylation sites is 1. The van der Waals surface area contributed by atoms with Crippen LogP contribution in [-0.4, -0.2) is 23.9 Å². The van der Waals surface area contributed by atoms with E-state index in [-0.39, 0.29) is 17.6 Å². The molecule has 0 saturated heterocycles. The van der Waals surface area contributed by atoms with Gasteiger partial charge in [-0.05, 0) is 54.2 Å². The molecule has 1 aromatic carbocycles. The van der Waals surface area contributed by atoms with Gasteiger partial charge in [-0.2, -0.15) is 0 Å². The number of likely N-dealkylation sites (N-methyl/N-ethyl adjacent to an activating group) is 1. The third kappa shape index (κ3) is 4.36. The van der Waals surface area contributed by atoms with E-state index in [0.29, 0.717) is 6.54 Å². The van der Waals surface area contributed by atoms with Crippen LogP contribution in [0.5, 0.6) is 0 Å². The maximum absolute atomic E-state index is 13.5. The summed E-state index contributed by atoms with van der Waals surface area (Å²) in [6.45, 7) is 2.47. The number of hydrogen-bond acceptors (Lipinski definition) is 3. The highest BCUT2D eigenvalue weighted by atomic mass is 79.9. The molecule has 0 fully saturated rings. The summed E-state index contributed by atoms with van der Waals surface area (Å²) in [4.78, 5) is 15.3. The third-order valence-electron chi connectivity index (χ3n) is 3.21. The molecular formula is C15H16BrFN2OS. The smallest absolute Gasteiger partial charge is 0.241 e. The van der Waals surface area contributed by atoms with Crippen molar-refractivity contribution in [3.63, 3.8) is 0 Å². The van der Waals surface area contributed by atoms with Gasteiger partial charge in [-0.3, -0.25) is 9.69 Å². The normalized spacial score (nSPS) is 12.4. The van der Waals surface area contributed by atoms with Gasteiger partial charge in [0.15, 0.2) is 0 Å². The largest absolute Gasteiger partial charge is 0.322 e. The lowest BCUT2D eigenvalue weighted by Gasteiger charge is -2.23. The minimum atomic E-state index is -0.428. The van der Waals surface area contributed by atoms with Crippen LogP contribution in [0.25, 0.3) is 0 Å². The summed E-state index contributed by atoms with van der Waals surface area (Å²) >= 11 is 5.05. The predicted molar refractivity (Wildman–Crippen MR) is 88.0 cm³/mol. The molecule has 0 aliphatic rings. The van der Waals surface area contributed by atoms with Gasteiger partial charge in [0.25, 0.3) is 0 Å². The maximum Gasteiger partial charge on any atom is 0.241 e. The Kier molecular flexibility index (Phi) is 5.50. The fraction of sp³-hybridized carbons (Fsp3) is 0.267. The number of nitrogens with one attached hydrogen (secondary N) is 1. The predicted octanol–water partition coefficient (Wildman–Crippen LogP) is 4.11. The Morgan fingerprint density at radius 2 is 2.10 bits per heavy atom. The molecule has 1 unspecified atom stereocenters. The van der Waals surface area contributed by atoms with Crippen molar-refractivity contribution in [1.82, 2.24) is 4.90 Å². The molecule has 1 atom stereocenters. The van der Waals surface area contributed by atoms with Gasteiger partial charge in [-0.25, -0.2) is 4.39 Å². The molecule has 0 bridgehead atoms. The second-order valence-corrected chi connectivity index (χ2v) is 7.31. The molecule has 21 heavy (non-hydrogen) atoms. The van der Waals surface area contributed by atoms with E-state index in [9.17, 15) is 9.18 Å². The number of carbonyl (C=O) groups is 1. The summed E-state index contributed by atoms with van der Waals surface area (Å²) < 4.78 is 14.6. The summed E-state index contributed by atoms with van der Waals surface area (Å²) in [7, 11) is 1.87. The van der Waals surface area contributed by atoms with Crippen molar-refractivity contribution in [1.29, 1.82) is 0 Å². The Labute approximate surface area is 135 Å². The number of halogens is 2. The van der Waals surface area contributed by atoms with Crippen LogP contribution in [-0.2, 0) is 11.3 Å². The summed E-state index contributed by atoms with van der Waals surface area (Å²) in [6, 6.07) is 9.81. The van der Waals surface area contributed by atoms with Gasteiger partial charge < -0.3 is 5.32 Å². The molecule has 1 N–H and O–H groups in total. The summed E-state index contributed by atoms with van der Waals surface area (Å²) in [5.74, 6) is -0.652. The highest BCUT2D eigenvalue weighted by Crippen LogP contribution is 2.23. The van der Waals surface area contributed by atoms with Crippen LogP contribution in [0.3, 0.4) is 0 Å². The first-order valence-electron chi connectivity index (χ1n) is 6.47. The number of thiophene rings is 1. The molecule has 6 heteroatoms. The monoisotopic (exact) mass is 370 g/mol. The zero-order valence-corrected chi connectivity index (χ0v) is 14.2. The summed E-state index contributed by atoms with van der Waals surface area (Å²) in [6.07, 6.45) is 0. The molecule has 0 spiro atoms. The third-order valence-corrected chi connectivity index (χ3v) is 4.81. The van der Waals surface area contributed by atoms with Crippen LogP contribution < -0.4 is 5.32 Å². The van der Waals surface area contributed by atoms with Crippen molar-refractivity contribution < 1.29 is 9.18 Å². The van der Waals surface area contributed by atoms with Gasteiger partial charge in [0.1, 0.15) is 5.82 Å². The quantitative estimate of drug-likeness (QED) is 0.858. The fourth-order valence-electron chi connectivity index (χ4n) is 1.82. The minimum Gasteiger partial charge on any atom is -0.322 e. The van der Waals surface area contributed by atoms with Crippen molar-refractivity contribution in [2.45, 2.75) is 19.5 Å². The van der Waals surface area contributed by atoms with E-state index in [0.717, 1.165) is 8.66 Å². The standard InChI is InChI=1S/C15H16BrFN2OS/c1-10(19(2)9-11-7-8-14(16)21-11)15(20)18-13-6-4-3-5-12(13)17/h3-8,10H,9H2,1-2H3,(H,18,20). The lowest BCUT2D eigenvalue weighted by Crippen LogP contribution is -2.39. The average Bonchev–Trinajstić information content (AvgIpc) is 2.85. The Bertz CT molecular complexity index is 632. The van der Waals surface area contributed by atoms with E-state index in [2.05, 4.69) is 21.2 Å². The van der Waals surface area contributed by atoms with Crippen LogP contribution in [0.1, 0.15) is 11.8 Å². The van der Waals surface area contributed by atoms with E-state index in [1.54, 1.807) is 36.5 Å². The van der Waals surface area contributed by atoms with Gasteiger partial charge in [-0.1, -0.05) is 12.1 Å². The van der Waals surface area contributed by atoms with Gasteiger partial charge in [0.2, 0.25) is 5.91 Å². The first kappa shape index (κ1) is 16.1. The number of anilines is 1.